The predicted molar refractivity (Wildman–Crippen MR) is 71.8 cm³/mol. The number of nitrogens with one attached hydrogen (secondary N) is 1. The Morgan fingerprint density at radius 3 is 2.55 bits per heavy atom. The van der Waals surface area contributed by atoms with Crippen molar-refractivity contribution in [2.24, 2.45) is 7.05 Å². The lowest BCUT2D eigenvalue weighted by Crippen LogP contribution is -2.14. The number of para-hydroxylation sites is 1. The van der Waals surface area contributed by atoms with Gasteiger partial charge in [-0.2, -0.15) is 5.10 Å². The van der Waals surface area contributed by atoms with Gasteiger partial charge in [0.15, 0.2) is 4.90 Å². The van der Waals surface area contributed by atoms with E-state index in [0.29, 0.717) is 5.69 Å². The molecule has 0 saturated heterocycles. The summed E-state index contributed by atoms with van der Waals surface area (Å²) >= 11 is 0. The van der Waals surface area contributed by atoms with Crippen LogP contribution in [0.25, 0.3) is 0 Å². The van der Waals surface area contributed by atoms with Crippen molar-refractivity contribution in [2.75, 3.05) is 4.72 Å². The molecular weight excluding hydrogens is 284 g/mol. The highest BCUT2D eigenvalue weighted by molar-refractivity contribution is 7.92. The number of nitro groups is 1. The van der Waals surface area contributed by atoms with Gasteiger partial charge in [-0.25, -0.2) is 8.42 Å². The van der Waals surface area contributed by atoms with Gasteiger partial charge in [0.25, 0.3) is 15.7 Å². The fourth-order valence-electron chi connectivity index (χ4n) is 1.73. The molecule has 0 aliphatic heterocycles. The smallest absolute Gasteiger partial charge is 0.276 e. The summed E-state index contributed by atoms with van der Waals surface area (Å²) in [7, 11) is -2.39. The van der Waals surface area contributed by atoms with Crippen LogP contribution in [0.4, 0.5) is 11.4 Å². The van der Waals surface area contributed by atoms with E-state index in [1.807, 2.05) is 0 Å². The molecule has 1 N–H and O–H groups in total. The topological polar surface area (TPSA) is 107 Å². The van der Waals surface area contributed by atoms with Crippen LogP contribution in [0.2, 0.25) is 0 Å². The molecule has 0 saturated carbocycles. The summed E-state index contributed by atoms with van der Waals surface area (Å²) in [6.45, 7) is 1.64. The Hall–Kier alpha value is -2.42. The Bertz CT molecular complexity index is 766. The molecule has 9 heteroatoms. The monoisotopic (exact) mass is 296 g/mol. The molecule has 8 nitrogen and oxygen atoms in total. The van der Waals surface area contributed by atoms with Gasteiger partial charge >= 0.3 is 0 Å². The first-order valence-electron chi connectivity index (χ1n) is 5.58. The van der Waals surface area contributed by atoms with Crippen LogP contribution >= 0.6 is 0 Å². The number of hydrogen-bond donors (Lipinski definition) is 1. The molecular formula is C11H12N4O4S. The van der Waals surface area contributed by atoms with Crippen molar-refractivity contribution in [3.05, 3.63) is 46.3 Å². The van der Waals surface area contributed by atoms with Gasteiger partial charge in [0.1, 0.15) is 0 Å². The molecule has 2 rings (SSSR count). The molecule has 1 heterocycles. The summed E-state index contributed by atoms with van der Waals surface area (Å²) in [5, 5.41) is 14.9. The number of nitro benzene ring substituents is 1. The maximum atomic E-state index is 12.2. The first-order valence-corrected chi connectivity index (χ1v) is 7.06. The summed E-state index contributed by atoms with van der Waals surface area (Å²) < 4.78 is 28.2. The molecule has 0 bridgehead atoms. The lowest BCUT2D eigenvalue weighted by atomic mass is 10.3. The summed E-state index contributed by atoms with van der Waals surface area (Å²) in [5.74, 6) is 0. The van der Waals surface area contributed by atoms with Gasteiger partial charge in [-0.3, -0.25) is 19.5 Å². The largest absolute Gasteiger partial charge is 0.289 e. The zero-order chi connectivity index (χ0) is 14.9. The molecule has 2 aromatic rings. The third-order valence-electron chi connectivity index (χ3n) is 2.61. The first-order chi connectivity index (χ1) is 9.31. The van der Waals surface area contributed by atoms with E-state index in [0.717, 1.165) is 6.07 Å². The molecule has 0 aliphatic carbocycles. The van der Waals surface area contributed by atoms with Crippen LogP contribution in [0.5, 0.6) is 0 Å². The standard InChI is InChI=1S/C11H12N4O4S/c1-8-9(7-14(2)12-8)13-20(18,19)11-6-4-3-5-10(11)15(16)17/h3-7,13H,1-2H3. The molecule has 0 aliphatic rings. The van der Waals surface area contributed by atoms with Crippen LogP contribution in [0.3, 0.4) is 0 Å². The minimum Gasteiger partial charge on any atom is -0.276 e. The van der Waals surface area contributed by atoms with Gasteiger partial charge in [-0.05, 0) is 13.0 Å². The van der Waals surface area contributed by atoms with Gasteiger partial charge in [-0.1, -0.05) is 12.1 Å². The minimum atomic E-state index is -4.04. The molecule has 0 unspecified atom stereocenters. The Morgan fingerprint density at radius 2 is 2.00 bits per heavy atom. The number of aromatic nitrogens is 2. The number of benzene rings is 1. The van der Waals surface area contributed by atoms with E-state index in [-0.39, 0.29) is 10.6 Å². The van der Waals surface area contributed by atoms with Gasteiger partial charge < -0.3 is 0 Å². The van der Waals surface area contributed by atoms with Crippen molar-refractivity contribution in [3.8, 4) is 0 Å². The van der Waals surface area contributed by atoms with Crippen LogP contribution in [-0.2, 0) is 17.1 Å². The molecule has 0 spiro atoms. The fourth-order valence-corrected chi connectivity index (χ4v) is 3.01. The lowest BCUT2D eigenvalue weighted by molar-refractivity contribution is -0.387. The molecule has 0 amide bonds. The molecule has 0 atom stereocenters. The van der Waals surface area contributed by atoms with Gasteiger partial charge in [0, 0.05) is 19.3 Å². The molecule has 20 heavy (non-hydrogen) atoms. The highest BCUT2D eigenvalue weighted by Crippen LogP contribution is 2.25. The van der Waals surface area contributed by atoms with E-state index >= 15 is 0 Å². The second-order valence-electron chi connectivity index (χ2n) is 4.13. The molecule has 1 aromatic carbocycles. The summed E-state index contributed by atoms with van der Waals surface area (Å²) in [6, 6.07) is 5.17. The molecule has 0 fully saturated rings. The maximum Gasteiger partial charge on any atom is 0.289 e. The number of anilines is 1. The van der Waals surface area contributed by atoms with Crippen LogP contribution in [0.1, 0.15) is 5.69 Å². The lowest BCUT2D eigenvalue weighted by Gasteiger charge is -2.07. The fraction of sp³-hybridized carbons (Fsp3) is 0.182. The van der Waals surface area contributed by atoms with Crippen LogP contribution < -0.4 is 4.72 Å². The third kappa shape index (κ3) is 2.62. The van der Waals surface area contributed by atoms with E-state index < -0.39 is 20.6 Å². The van der Waals surface area contributed by atoms with Crippen LogP contribution in [-0.4, -0.2) is 23.1 Å². The average Bonchev–Trinajstić information content (AvgIpc) is 2.67. The highest BCUT2D eigenvalue weighted by Gasteiger charge is 2.26. The van der Waals surface area contributed by atoms with E-state index in [9.17, 15) is 18.5 Å². The molecule has 1 aromatic heterocycles. The predicted octanol–water partition coefficient (Wildman–Crippen LogP) is 1.44. The Morgan fingerprint density at radius 1 is 1.35 bits per heavy atom. The number of sulfonamides is 1. The average molecular weight is 296 g/mol. The van der Waals surface area contributed by atoms with Crippen molar-refractivity contribution >= 4 is 21.4 Å². The third-order valence-corrected chi connectivity index (χ3v) is 4.02. The minimum absolute atomic E-state index is 0.283. The Kier molecular flexibility index (Phi) is 3.45. The summed E-state index contributed by atoms with van der Waals surface area (Å²) in [4.78, 5) is 9.78. The van der Waals surface area contributed by atoms with Crippen LogP contribution in [0.15, 0.2) is 35.4 Å². The van der Waals surface area contributed by atoms with Gasteiger partial charge in [0.2, 0.25) is 0 Å². The van der Waals surface area contributed by atoms with Gasteiger partial charge in [0.05, 0.1) is 16.3 Å². The Labute approximate surface area is 115 Å². The second kappa shape index (κ2) is 4.93. The number of nitrogens with zero attached hydrogens (tertiary/aromatic N) is 3. The number of rotatable bonds is 4. The van der Waals surface area contributed by atoms with E-state index in [2.05, 4.69) is 9.82 Å². The van der Waals surface area contributed by atoms with Crippen LogP contribution in [0, 0.1) is 17.0 Å². The van der Waals surface area contributed by atoms with E-state index in [4.69, 9.17) is 0 Å². The quantitative estimate of drug-likeness (QED) is 0.678. The number of aryl methyl sites for hydroxylation is 2. The normalized spacial score (nSPS) is 11.3. The van der Waals surface area contributed by atoms with Crippen molar-refractivity contribution in [2.45, 2.75) is 11.8 Å². The maximum absolute atomic E-state index is 12.2. The first kappa shape index (κ1) is 14.0. The van der Waals surface area contributed by atoms with E-state index in [1.54, 1.807) is 14.0 Å². The Balaban J connectivity index is 2.46. The van der Waals surface area contributed by atoms with E-state index in [1.165, 1.54) is 29.1 Å². The highest BCUT2D eigenvalue weighted by atomic mass is 32.2. The second-order valence-corrected chi connectivity index (χ2v) is 5.78. The molecule has 106 valence electrons. The SMILES string of the molecule is Cc1nn(C)cc1NS(=O)(=O)c1ccccc1[N+](=O)[O-]. The number of hydrogen-bond acceptors (Lipinski definition) is 5. The summed E-state index contributed by atoms with van der Waals surface area (Å²) in [5.41, 5.74) is 0.293. The van der Waals surface area contributed by atoms with Crippen molar-refractivity contribution < 1.29 is 13.3 Å². The summed E-state index contributed by atoms with van der Waals surface area (Å²) in [6.07, 6.45) is 1.49. The van der Waals surface area contributed by atoms with Crippen molar-refractivity contribution in [1.29, 1.82) is 0 Å². The zero-order valence-corrected chi connectivity index (χ0v) is 11.6. The van der Waals surface area contributed by atoms with Crippen molar-refractivity contribution in [1.82, 2.24) is 9.78 Å². The molecule has 0 radical (unpaired) electrons. The van der Waals surface area contributed by atoms with Gasteiger partial charge in [-0.15, -0.1) is 0 Å². The zero-order valence-electron chi connectivity index (χ0n) is 10.8. The van der Waals surface area contributed by atoms with Crippen molar-refractivity contribution in [3.63, 3.8) is 0 Å².